The van der Waals surface area contributed by atoms with Gasteiger partial charge in [-0.05, 0) is 37.6 Å². The van der Waals surface area contributed by atoms with Crippen LogP contribution in [0.1, 0.15) is 15.3 Å². The summed E-state index contributed by atoms with van der Waals surface area (Å²) >= 11 is 1.77. The molecule has 0 spiro atoms. The number of hydrogen-bond acceptors (Lipinski definition) is 5. The van der Waals surface area contributed by atoms with E-state index in [9.17, 15) is 4.79 Å². The van der Waals surface area contributed by atoms with E-state index in [1.807, 2.05) is 6.07 Å². The molecule has 4 N–H and O–H groups in total. The summed E-state index contributed by atoms with van der Waals surface area (Å²) in [5.41, 5.74) is 9.12. The first-order chi connectivity index (χ1) is 10.0. The molecule has 0 aliphatic carbocycles. The quantitative estimate of drug-likeness (QED) is 0.649. The molecule has 0 aliphatic rings. The summed E-state index contributed by atoms with van der Waals surface area (Å²) in [5.74, 6) is 0. The Morgan fingerprint density at radius 3 is 2.86 bits per heavy atom. The number of aromatic nitrogens is 2. The van der Waals surface area contributed by atoms with E-state index >= 15 is 0 Å². The number of nitrogens with one attached hydrogen (secondary N) is 2. The highest BCUT2D eigenvalue weighted by Crippen LogP contribution is 2.25. The molecule has 1 aromatic carbocycles. The van der Waals surface area contributed by atoms with Crippen molar-refractivity contribution in [1.29, 1.82) is 0 Å². The van der Waals surface area contributed by atoms with Crippen LogP contribution in [-0.4, -0.2) is 9.97 Å². The van der Waals surface area contributed by atoms with Gasteiger partial charge in [-0.3, -0.25) is 4.79 Å². The van der Waals surface area contributed by atoms with Crippen LogP contribution in [-0.2, 0) is 6.54 Å². The average molecular weight is 300 g/mol. The molecule has 5 nitrogen and oxygen atoms in total. The number of nitrogen functional groups attached to an aromatic ring is 1. The third-order valence-corrected chi connectivity index (χ3v) is 4.63. The molecule has 21 heavy (non-hydrogen) atoms. The monoisotopic (exact) mass is 300 g/mol. The van der Waals surface area contributed by atoms with Crippen LogP contribution >= 0.6 is 11.3 Å². The second-order valence-electron chi connectivity index (χ2n) is 4.99. The van der Waals surface area contributed by atoms with Crippen LogP contribution in [0.5, 0.6) is 0 Å². The lowest BCUT2D eigenvalue weighted by Gasteiger charge is -2.09. The van der Waals surface area contributed by atoms with Crippen molar-refractivity contribution in [1.82, 2.24) is 9.97 Å². The number of benzene rings is 1. The zero-order valence-electron chi connectivity index (χ0n) is 11.9. The number of nitrogens with two attached hydrogens (primary N) is 1. The molecule has 2 heterocycles. The van der Waals surface area contributed by atoms with Crippen LogP contribution in [0.15, 0.2) is 29.3 Å². The van der Waals surface area contributed by atoms with Gasteiger partial charge in [-0.25, -0.2) is 4.98 Å². The van der Waals surface area contributed by atoms with E-state index in [2.05, 4.69) is 35.2 Å². The van der Waals surface area contributed by atoms with Gasteiger partial charge >= 0.3 is 0 Å². The van der Waals surface area contributed by atoms with Gasteiger partial charge in [-0.1, -0.05) is 0 Å². The van der Waals surface area contributed by atoms with E-state index < -0.39 is 0 Å². The normalized spacial score (nSPS) is 11.0. The standard InChI is InChI=1S/C15H16N4OS/c1-8-3-10(21-9(8)2)6-17-14-5-13-11(4-12(14)16)15(20)19-7-18-13/h3-5,7,17H,6,16H2,1-2H3,(H,18,19,20). The number of anilines is 2. The predicted octanol–water partition coefficient (Wildman–Crippen LogP) is 2.80. The topological polar surface area (TPSA) is 83.8 Å². The lowest BCUT2D eigenvalue weighted by molar-refractivity contribution is 1.16. The number of nitrogens with zero attached hydrogens (tertiary/aromatic N) is 1. The molecule has 0 atom stereocenters. The molecule has 3 rings (SSSR count). The van der Waals surface area contributed by atoms with Crippen molar-refractivity contribution in [3.05, 3.63) is 50.2 Å². The number of thiophene rings is 1. The molecule has 2 aromatic heterocycles. The highest BCUT2D eigenvalue weighted by atomic mass is 32.1. The second kappa shape index (κ2) is 5.21. The molecule has 6 heteroatoms. The highest BCUT2D eigenvalue weighted by Gasteiger charge is 2.07. The molecular formula is C15H16N4OS. The first-order valence-corrected chi connectivity index (χ1v) is 7.43. The minimum Gasteiger partial charge on any atom is -0.397 e. The number of aryl methyl sites for hydroxylation is 2. The Labute approximate surface area is 125 Å². The smallest absolute Gasteiger partial charge is 0.258 e. The molecule has 0 radical (unpaired) electrons. The average Bonchev–Trinajstić information content (AvgIpc) is 2.77. The fourth-order valence-corrected chi connectivity index (χ4v) is 3.20. The van der Waals surface area contributed by atoms with E-state index in [1.54, 1.807) is 17.4 Å². The number of fused-ring (bicyclic) bond motifs is 1. The van der Waals surface area contributed by atoms with E-state index in [4.69, 9.17) is 5.73 Å². The first kappa shape index (κ1) is 13.6. The third-order valence-electron chi connectivity index (χ3n) is 3.48. The Morgan fingerprint density at radius 1 is 1.33 bits per heavy atom. The van der Waals surface area contributed by atoms with Gasteiger partial charge in [0.15, 0.2) is 0 Å². The van der Waals surface area contributed by atoms with Crippen molar-refractivity contribution in [2.45, 2.75) is 20.4 Å². The fourth-order valence-electron chi connectivity index (χ4n) is 2.20. The first-order valence-electron chi connectivity index (χ1n) is 6.61. The fraction of sp³-hybridized carbons (Fsp3) is 0.200. The largest absolute Gasteiger partial charge is 0.397 e. The van der Waals surface area contributed by atoms with E-state index in [1.165, 1.54) is 21.6 Å². The Balaban J connectivity index is 1.90. The van der Waals surface area contributed by atoms with Crippen LogP contribution in [0.25, 0.3) is 10.9 Å². The third kappa shape index (κ3) is 2.62. The maximum absolute atomic E-state index is 11.7. The van der Waals surface area contributed by atoms with E-state index in [0.717, 1.165) is 5.69 Å². The second-order valence-corrected chi connectivity index (χ2v) is 6.33. The van der Waals surface area contributed by atoms with Crippen LogP contribution in [0.2, 0.25) is 0 Å². The maximum atomic E-state index is 11.7. The Bertz CT molecular complexity index is 846. The molecule has 0 fully saturated rings. The van der Waals surface area contributed by atoms with Gasteiger partial charge in [0, 0.05) is 16.3 Å². The van der Waals surface area contributed by atoms with Crippen molar-refractivity contribution in [3.8, 4) is 0 Å². The Kier molecular flexibility index (Phi) is 3.39. The lowest BCUT2D eigenvalue weighted by Crippen LogP contribution is -2.08. The molecule has 0 bridgehead atoms. The summed E-state index contributed by atoms with van der Waals surface area (Å²) in [7, 11) is 0. The summed E-state index contributed by atoms with van der Waals surface area (Å²) in [6.45, 7) is 4.93. The number of hydrogen-bond donors (Lipinski definition) is 3. The molecule has 3 aromatic rings. The van der Waals surface area contributed by atoms with E-state index in [0.29, 0.717) is 23.1 Å². The summed E-state index contributed by atoms with van der Waals surface area (Å²) < 4.78 is 0. The van der Waals surface area contributed by atoms with Gasteiger partial charge in [0.2, 0.25) is 0 Å². The van der Waals surface area contributed by atoms with Gasteiger partial charge in [0.1, 0.15) is 0 Å². The molecule has 108 valence electrons. The zero-order chi connectivity index (χ0) is 15.0. The number of aromatic amines is 1. The number of rotatable bonds is 3. The summed E-state index contributed by atoms with van der Waals surface area (Å²) in [4.78, 5) is 21.0. The van der Waals surface area contributed by atoms with Gasteiger partial charge in [0.25, 0.3) is 5.56 Å². The molecule has 0 saturated heterocycles. The van der Waals surface area contributed by atoms with E-state index in [-0.39, 0.29) is 5.56 Å². The van der Waals surface area contributed by atoms with Gasteiger partial charge in [0.05, 0.1) is 28.6 Å². The summed E-state index contributed by atoms with van der Waals surface area (Å²) in [5, 5.41) is 3.82. The highest BCUT2D eigenvalue weighted by molar-refractivity contribution is 7.12. The zero-order valence-corrected chi connectivity index (χ0v) is 12.7. The Hall–Kier alpha value is -2.34. The van der Waals surface area contributed by atoms with Gasteiger partial charge in [-0.2, -0.15) is 0 Å². The van der Waals surface area contributed by atoms with Crippen molar-refractivity contribution >= 4 is 33.6 Å². The van der Waals surface area contributed by atoms with Crippen molar-refractivity contribution in [3.63, 3.8) is 0 Å². The summed E-state index contributed by atoms with van der Waals surface area (Å²) in [6, 6.07) is 5.65. The maximum Gasteiger partial charge on any atom is 0.258 e. The van der Waals surface area contributed by atoms with Crippen LogP contribution in [0.3, 0.4) is 0 Å². The van der Waals surface area contributed by atoms with Crippen LogP contribution < -0.4 is 16.6 Å². The molecule has 0 unspecified atom stereocenters. The Morgan fingerprint density at radius 2 is 2.14 bits per heavy atom. The van der Waals surface area contributed by atoms with Gasteiger partial charge < -0.3 is 16.0 Å². The SMILES string of the molecule is Cc1cc(CNc2cc3nc[nH]c(=O)c3cc2N)sc1C. The minimum absolute atomic E-state index is 0.178. The predicted molar refractivity (Wildman–Crippen MR) is 87.9 cm³/mol. The van der Waals surface area contributed by atoms with Crippen molar-refractivity contribution < 1.29 is 0 Å². The lowest BCUT2D eigenvalue weighted by atomic mass is 10.2. The van der Waals surface area contributed by atoms with Crippen molar-refractivity contribution in [2.75, 3.05) is 11.1 Å². The van der Waals surface area contributed by atoms with Crippen molar-refractivity contribution in [2.24, 2.45) is 0 Å². The molecule has 0 amide bonds. The molecule has 0 aliphatic heterocycles. The molecular weight excluding hydrogens is 284 g/mol. The van der Waals surface area contributed by atoms with Gasteiger partial charge in [-0.15, -0.1) is 11.3 Å². The minimum atomic E-state index is -0.178. The van der Waals surface area contributed by atoms with Crippen LogP contribution in [0, 0.1) is 13.8 Å². The molecule has 0 saturated carbocycles. The summed E-state index contributed by atoms with van der Waals surface area (Å²) in [6.07, 6.45) is 1.40. The number of H-pyrrole nitrogens is 1. The van der Waals surface area contributed by atoms with Crippen LogP contribution in [0.4, 0.5) is 11.4 Å².